The van der Waals surface area contributed by atoms with Crippen molar-refractivity contribution in [1.29, 1.82) is 0 Å². The standard InChI is InChI=1S/C11H19N2P/c1-13(2)8-10-6-5-7-11(12-10)9-14(3)4/h5-8,12H,9H2,1-4H3/b10-8-. The summed E-state index contributed by atoms with van der Waals surface area (Å²) in [5.74, 6) is 0. The molecule has 0 atom stereocenters. The number of hydrogen-bond donors (Lipinski definition) is 1. The van der Waals surface area contributed by atoms with Crippen LogP contribution in [0.1, 0.15) is 0 Å². The van der Waals surface area contributed by atoms with E-state index in [9.17, 15) is 0 Å². The van der Waals surface area contributed by atoms with Crippen LogP contribution in [-0.2, 0) is 0 Å². The van der Waals surface area contributed by atoms with Crippen LogP contribution in [0.5, 0.6) is 0 Å². The minimum absolute atomic E-state index is 0.132. The van der Waals surface area contributed by atoms with E-state index in [4.69, 9.17) is 0 Å². The molecule has 0 amide bonds. The monoisotopic (exact) mass is 210 g/mol. The first-order valence-corrected chi connectivity index (χ1v) is 7.17. The molecule has 0 aromatic heterocycles. The summed E-state index contributed by atoms with van der Waals surface area (Å²) in [7, 11) is 4.20. The molecule has 1 N–H and O–H groups in total. The van der Waals surface area contributed by atoms with Gasteiger partial charge in [0.05, 0.1) is 5.70 Å². The number of hydrogen-bond acceptors (Lipinski definition) is 2. The summed E-state index contributed by atoms with van der Waals surface area (Å²) >= 11 is 0. The van der Waals surface area contributed by atoms with Crippen LogP contribution in [0.4, 0.5) is 0 Å². The molecule has 0 unspecified atom stereocenters. The first kappa shape index (κ1) is 11.3. The second-order valence-electron chi connectivity index (χ2n) is 3.96. The van der Waals surface area contributed by atoms with Crippen molar-refractivity contribution in [3.63, 3.8) is 0 Å². The maximum absolute atomic E-state index is 3.43. The molecule has 0 saturated carbocycles. The Morgan fingerprint density at radius 2 is 2.14 bits per heavy atom. The third-order valence-electron chi connectivity index (χ3n) is 1.76. The van der Waals surface area contributed by atoms with Crippen LogP contribution < -0.4 is 5.32 Å². The average molecular weight is 210 g/mol. The predicted molar refractivity (Wildman–Crippen MR) is 65.8 cm³/mol. The van der Waals surface area contributed by atoms with Crippen molar-refractivity contribution in [3.8, 4) is 0 Å². The fraction of sp³-hybridized carbons (Fsp3) is 0.455. The van der Waals surface area contributed by atoms with Gasteiger partial charge < -0.3 is 10.2 Å². The predicted octanol–water partition coefficient (Wildman–Crippen LogP) is 2.17. The van der Waals surface area contributed by atoms with Gasteiger partial charge in [0.1, 0.15) is 0 Å². The molecule has 0 aromatic rings. The van der Waals surface area contributed by atoms with Crippen molar-refractivity contribution in [3.05, 3.63) is 35.8 Å². The molecular weight excluding hydrogens is 191 g/mol. The van der Waals surface area contributed by atoms with Gasteiger partial charge in [0.2, 0.25) is 0 Å². The largest absolute Gasteiger partial charge is 0.382 e. The highest BCUT2D eigenvalue weighted by molar-refractivity contribution is 7.56. The molecule has 0 radical (unpaired) electrons. The maximum Gasteiger partial charge on any atom is 0.0543 e. The zero-order valence-electron chi connectivity index (χ0n) is 9.41. The Kier molecular flexibility index (Phi) is 4.21. The Morgan fingerprint density at radius 1 is 1.43 bits per heavy atom. The summed E-state index contributed by atoms with van der Waals surface area (Å²) in [6, 6.07) is 0. The minimum atomic E-state index is 0.132. The van der Waals surface area contributed by atoms with Gasteiger partial charge in [-0.2, -0.15) is 0 Å². The van der Waals surface area contributed by atoms with Gasteiger partial charge in [-0.1, -0.05) is 6.08 Å². The maximum atomic E-state index is 3.43. The second-order valence-corrected chi connectivity index (χ2v) is 6.44. The van der Waals surface area contributed by atoms with Crippen LogP contribution in [0.25, 0.3) is 0 Å². The Hall–Kier alpha value is -0.750. The summed E-state index contributed by atoms with van der Waals surface area (Å²) in [6.07, 6.45) is 9.63. The first-order valence-electron chi connectivity index (χ1n) is 4.75. The van der Waals surface area contributed by atoms with E-state index in [1.807, 2.05) is 14.1 Å². The molecule has 0 saturated heterocycles. The number of rotatable bonds is 3. The van der Waals surface area contributed by atoms with Crippen molar-refractivity contribution < 1.29 is 0 Å². The molecule has 1 aliphatic heterocycles. The van der Waals surface area contributed by atoms with E-state index < -0.39 is 0 Å². The van der Waals surface area contributed by atoms with Gasteiger partial charge in [-0.15, -0.1) is 7.92 Å². The zero-order valence-corrected chi connectivity index (χ0v) is 10.3. The number of allylic oxidation sites excluding steroid dienone is 4. The highest BCUT2D eigenvalue weighted by Gasteiger charge is 2.04. The third-order valence-corrected chi connectivity index (χ3v) is 2.74. The van der Waals surface area contributed by atoms with Crippen LogP contribution in [-0.4, -0.2) is 38.5 Å². The Bertz CT molecular complexity index is 275. The molecule has 0 aromatic carbocycles. The fourth-order valence-electron chi connectivity index (χ4n) is 1.32. The van der Waals surface area contributed by atoms with Gasteiger partial charge in [-0.05, 0) is 25.5 Å². The van der Waals surface area contributed by atoms with Crippen LogP contribution in [0.15, 0.2) is 35.8 Å². The molecule has 1 rings (SSSR count). The number of dihydropyridines is 1. The van der Waals surface area contributed by atoms with E-state index >= 15 is 0 Å². The highest BCUT2D eigenvalue weighted by Crippen LogP contribution is 2.27. The van der Waals surface area contributed by atoms with E-state index in [1.165, 1.54) is 17.6 Å². The van der Waals surface area contributed by atoms with Crippen molar-refractivity contribution >= 4 is 7.92 Å². The quantitative estimate of drug-likeness (QED) is 0.718. The van der Waals surface area contributed by atoms with E-state index in [0.29, 0.717) is 0 Å². The lowest BCUT2D eigenvalue weighted by molar-refractivity contribution is 0.555. The van der Waals surface area contributed by atoms with Gasteiger partial charge in [-0.25, -0.2) is 0 Å². The van der Waals surface area contributed by atoms with E-state index in [1.54, 1.807) is 0 Å². The van der Waals surface area contributed by atoms with Gasteiger partial charge in [0.15, 0.2) is 0 Å². The van der Waals surface area contributed by atoms with Gasteiger partial charge in [0, 0.05) is 32.2 Å². The molecule has 0 spiro atoms. The molecule has 14 heavy (non-hydrogen) atoms. The summed E-state index contributed by atoms with van der Waals surface area (Å²) < 4.78 is 0. The number of nitrogens with one attached hydrogen (secondary N) is 1. The summed E-state index contributed by atoms with van der Waals surface area (Å²) in [5.41, 5.74) is 2.50. The van der Waals surface area contributed by atoms with Crippen molar-refractivity contribution in [2.24, 2.45) is 0 Å². The Labute approximate surface area is 88.1 Å². The lowest BCUT2D eigenvalue weighted by atomic mass is 10.2. The van der Waals surface area contributed by atoms with Gasteiger partial charge in [0.25, 0.3) is 0 Å². The second kappa shape index (κ2) is 5.21. The van der Waals surface area contributed by atoms with Crippen molar-refractivity contribution in [2.45, 2.75) is 0 Å². The van der Waals surface area contributed by atoms with E-state index in [2.05, 4.69) is 48.0 Å². The minimum Gasteiger partial charge on any atom is -0.382 e. The van der Waals surface area contributed by atoms with Crippen LogP contribution in [0.3, 0.4) is 0 Å². The molecule has 1 heterocycles. The van der Waals surface area contributed by atoms with E-state index in [0.717, 1.165) is 0 Å². The van der Waals surface area contributed by atoms with Gasteiger partial charge >= 0.3 is 0 Å². The highest BCUT2D eigenvalue weighted by atomic mass is 31.1. The van der Waals surface area contributed by atoms with E-state index in [-0.39, 0.29) is 7.92 Å². The normalized spacial score (nSPS) is 18.4. The molecule has 2 nitrogen and oxygen atoms in total. The van der Waals surface area contributed by atoms with Crippen LogP contribution in [0.2, 0.25) is 0 Å². The lowest BCUT2D eigenvalue weighted by Crippen LogP contribution is -2.18. The van der Waals surface area contributed by atoms with Crippen LogP contribution >= 0.6 is 7.92 Å². The molecule has 3 heteroatoms. The topological polar surface area (TPSA) is 15.3 Å². The molecular formula is C11H19N2P. The molecule has 78 valence electrons. The Morgan fingerprint density at radius 3 is 2.71 bits per heavy atom. The summed E-state index contributed by atoms with van der Waals surface area (Å²) in [5, 5.41) is 3.43. The lowest BCUT2D eigenvalue weighted by Gasteiger charge is -2.18. The molecule has 0 aliphatic carbocycles. The summed E-state index contributed by atoms with van der Waals surface area (Å²) in [6.45, 7) is 4.59. The fourth-order valence-corrected chi connectivity index (χ4v) is 2.19. The SMILES string of the molecule is CN(C)/C=C1/C=CC=C(CP(C)C)N1. The third kappa shape index (κ3) is 3.97. The zero-order chi connectivity index (χ0) is 10.6. The summed E-state index contributed by atoms with van der Waals surface area (Å²) in [4.78, 5) is 2.05. The average Bonchev–Trinajstić information content (AvgIpc) is 2.01. The number of nitrogens with zero attached hydrogens (tertiary/aromatic N) is 1. The molecule has 0 bridgehead atoms. The van der Waals surface area contributed by atoms with Crippen LogP contribution in [0, 0.1) is 0 Å². The van der Waals surface area contributed by atoms with Crippen molar-refractivity contribution in [1.82, 2.24) is 10.2 Å². The first-order chi connectivity index (χ1) is 6.58. The van der Waals surface area contributed by atoms with Gasteiger partial charge in [-0.3, -0.25) is 0 Å². The molecule has 0 fully saturated rings. The molecule has 1 aliphatic rings. The smallest absolute Gasteiger partial charge is 0.0543 e. The van der Waals surface area contributed by atoms with Crippen molar-refractivity contribution in [2.75, 3.05) is 33.6 Å². The Balaban J connectivity index is 2.59.